The average molecular weight is 335 g/mol. The molecule has 0 amide bonds. The van der Waals surface area contributed by atoms with Crippen LogP contribution in [0.15, 0.2) is 12.2 Å². The molecular weight excluding hydrogens is 300 g/mol. The van der Waals surface area contributed by atoms with E-state index in [9.17, 15) is 0 Å². The van der Waals surface area contributed by atoms with Gasteiger partial charge in [0.25, 0.3) is 0 Å². The summed E-state index contributed by atoms with van der Waals surface area (Å²) < 4.78 is 0. The Morgan fingerprint density at radius 1 is 0.739 bits per heavy atom. The lowest BCUT2D eigenvalue weighted by molar-refractivity contribution is 0.436. The van der Waals surface area contributed by atoms with Gasteiger partial charge >= 0.3 is 0 Å². The minimum atomic E-state index is 0.580. The van der Waals surface area contributed by atoms with Gasteiger partial charge in [-0.3, -0.25) is 0 Å². The number of hydrogen-bond acceptors (Lipinski definition) is 1. The minimum Gasteiger partial charge on any atom is -0.360 e. The molecule has 2 fully saturated rings. The highest BCUT2D eigenvalue weighted by Gasteiger charge is 2.35. The Morgan fingerprint density at radius 3 is 1.87 bits per heavy atom. The summed E-state index contributed by atoms with van der Waals surface area (Å²) in [5, 5.41) is 8.18. The molecule has 3 atom stereocenters. The summed E-state index contributed by atoms with van der Waals surface area (Å²) in [6.07, 6.45) is 22.7. The Labute approximate surface area is 147 Å². The molecule has 3 heteroatoms. The number of nitrogens with one attached hydrogen (secondary N) is 2. The second-order valence-electron chi connectivity index (χ2n) is 7.96. The topological polar surface area (TPSA) is 24.1 Å². The van der Waals surface area contributed by atoms with Gasteiger partial charge in [0.1, 0.15) is 0 Å². The first-order chi connectivity index (χ1) is 11.3. The quantitative estimate of drug-likeness (QED) is 0.543. The summed E-state index contributed by atoms with van der Waals surface area (Å²) in [6.45, 7) is 0. The predicted octanol–water partition coefficient (Wildman–Crippen LogP) is 5.09. The molecule has 2 bridgehead atoms. The maximum absolute atomic E-state index is 5.63. The standard InChI is InChI=1S/C20H34N2S/c23-20(22-19-15-16-12-13-17(19)14-16)21-18-10-8-6-4-2-1-3-5-7-9-11-18/h12-13,16-19H,1-11,14-15H2,(H2,21,22,23)/t16-,17-,19+/m1/s1. The van der Waals surface area contributed by atoms with E-state index in [0.717, 1.165) is 16.9 Å². The van der Waals surface area contributed by atoms with E-state index in [2.05, 4.69) is 22.8 Å². The van der Waals surface area contributed by atoms with Gasteiger partial charge in [-0.25, -0.2) is 0 Å². The highest BCUT2D eigenvalue weighted by atomic mass is 32.1. The van der Waals surface area contributed by atoms with Crippen LogP contribution in [0.3, 0.4) is 0 Å². The Balaban J connectivity index is 1.41. The van der Waals surface area contributed by atoms with Crippen molar-refractivity contribution >= 4 is 17.3 Å². The molecule has 3 aliphatic carbocycles. The zero-order valence-electron chi connectivity index (χ0n) is 14.6. The molecule has 0 aliphatic heterocycles. The van der Waals surface area contributed by atoms with E-state index in [-0.39, 0.29) is 0 Å². The monoisotopic (exact) mass is 334 g/mol. The largest absolute Gasteiger partial charge is 0.360 e. The maximum atomic E-state index is 5.63. The fourth-order valence-corrected chi connectivity index (χ4v) is 4.97. The summed E-state index contributed by atoms with van der Waals surface area (Å²) in [7, 11) is 0. The zero-order chi connectivity index (χ0) is 15.9. The average Bonchev–Trinajstić information content (AvgIpc) is 3.12. The van der Waals surface area contributed by atoms with Crippen molar-refractivity contribution < 1.29 is 0 Å². The molecule has 130 valence electrons. The third-order valence-electron chi connectivity index (χ3n) is 6.04. The first-order valence-corrected chi connectivity index (χ1v) is 10.5. The Hall–Kier alpha value is -0.570. The Morgan fingerprint density at radius 2 is 1.35 bits per heavy atom. The van der Waals surface area contributed by atoms with Crippen molar-refractivity contribution in [3.8, 4) is 0 Å². The summed E-state index contributed by atoms with van der Waals surface area (Å²) in [6, 6.07) is 1.17. The summed E-state index contributed by atoms with van der Waals surface area (Å²) >= 11 is 5.63. The highest BCUT2D eigenvalue weighted by molar-refractivity contribution is 7.80. The van der Waals surface area contributed by atoms with Crippen molar-refractivity contribution in [3.05, 3.63) is 12.2 Å². The van der Waals surface area contributed by atoms with E-state index >= 15 is 0 Å². The molecule has 0 aromatic heterocycles. The Kier molecular flexibility index (Phi) is 6.79. The lowest BCUT2D eigenvalue weighted by Gasteiger charge is -2.26. The number of thiocarbonyl (C=S) groups is 1. The van der Waals surface area contributed by atoms with Gasteiger partial charge in [-0.05, 0) is 49.7 Å². The van der Waals surface area contributed by atoms with Crippen molar-refractivity contribution in [2.75, 3.05) is 0 Å². The van der Waals surface area contributed by atoms with Crippen LogP contribution < -0.4 is 10.6 Å². The van der Waals surface area contributed by atoms with Crippen LogP contribution in [-0.4, -0.2) is 17.2 Å². The fraction of sp³-hybridized carbons (Fsp3) is 0.850. The van der Waals surface area contributed by atoms with Crippen LogP contribution in [0.1, 0.15) is 83.5 Å². The van der Waals surface area contributed by atoms with Gasteiger partial charge in [0.15, 0.2) is 5.11 Å². The van der Waals surface area contributed by atoms with Gasteiger partial charge in [0.2, 0.25) is 0 Å². The lowest BCUT2D eigenvalue weighted by atomic mass is 9.98. The van der Waals surface area contributed by atoms with E-state index < -0.39 is 0 Å². The Bertz CT molecular complexity index is 394. The predicted molar refractivity (Wildman–Crippen MR) is 103 cm³/mol. The van der Waals surface area contributed by atoms with Gasteiger partial charge in [-0.15, -0.1) is 0 Å². The summed E-state index contributed by atoms with van der Waals surface area (Å²) in [5.41, 5.74) is 0. The lowest BCUT2D eigenvalue weighted by Crippen LogP contribution is -2.47. The second-order valence-corrected chi connectivity index (χ2v) is 8.37. The van der Waals surface area contributed by atoms with E-state index in [4.69, 9.17) is 12.2 Å². The molecule has 0 aromatic rings. The van der Waals surface area contributed by atoms with Crippen LogP contribution in [0.2, 0.25) is 0 Å². The molecule has 23 heavy (non-hydrogen) atoms. The fourth-order valence-electron chi connectivity index (χ4n) is 4.65. The van der Waals surface area contributed by atoms with Crippen LogP contribution in [-0.2, 0) is 0 Å². The SMILES string of the molecule is S=C(NC1CCCCCCCCCCC1)N[C@H]1C[C@@H]2C=C[C@@H]1C2. The number of hydrogen-bond donors (Lipinski definition) is 2. The van der Waals surface area contributed by atoms with Crippen LogP contribution in [0.4, 0.5) is 0 Å². The van der Waals surface area contributed by atoms with Gasteiger partial charge in [0.05, 0.1) is 0 Å². The molecule has 0 saturated heterocycles. The molecule has 2 saturated carbocycles. The normalized spacial score (nSPS) is 33.0. The zero-order valence-corrected chi connectivity index (χ0v) is 15.4. The third-order valence-corrected chi connectivity index (χ3v) is 6.27. The van der Waals surface area contributed by atoms with Crippen LogP contribution in [0.25, 0.3) is 0 Å². The van der Waals surface area contributed by atoms with Crippen LogP contribution in [0, 0.1) is 11.8 Å². The minimum absolute atomic E-state index is 0.580. The van der Waals surface area contributed by atoms with Gasteiger partial charge in [0, 0.05) is 12.1 Å². The van der Waals surface area contributed by atoms with E-state index in [1.54, 1.807) is 0 Å². The first kappa shape index (κ1) is 17.3. The van der Waals surface area contributed by atoms with Crippen molar-refractivity contribution in [2.45, 2.75) is 95.6 Å². The summed E-state index contributed by atoms with van der Waals surface area (Å²) in [4.78, 5) is 0. The second kappa shape index (κ2) is 9.05. The van der Waals surface area contributed by atoms with Crippen molar-refractivity contribution in [2.24, 2.45) is 11.8 Å². The van der Waals surface area contributed by atoms with Crippen molar-refractivity contribution in [1.82, 2.24) is 10.6 Å². The van der Waals surface area contributed by atoms with E-state index in [0.29, 0.717) is 12.1 Å². The molecule has 0 heterocycles. The van der Waals surface area contributed by atoms with E-state index in [1.807, 2.05) is 0 Å². The molecule has 2 nitrogen and oxygen atoms in total. The van der Waals surface area contributed by atoms with Gasteiger partial charge < -0.3 is 10.6 Å². The number of fused-ring (bicyclic) bond motifs is 2. The molecule has 3 rings (SSSR count). The highest BCUT2D eigenvalue weighted by Crippen LogP contribution is 2.38. The molecule has 2 N–H and O–H groups in total. The molecule has 0 unspecified atom stereocenters. The maximum Gasteiger partial charge on any atom is 0.166 e. The van der Waals surface area contributed by atoms with Crippen LogP contribution in [0.5, 0.6) is 0 Å². The van der Waals surface area contributed by atoms with Crippen molar-refractivity contribution in [1.29, 1.82) is 0 Å². The molecule has 0 spiro atoms. The van der Waals surface area contributed by atoms with Crippen molar-refractivity contribution in [3.63, 3.8) is 0 Å². The molecule has 0 radical (unpaired) electrons. The van der Waals surface area contributed by atoms with Crippen LogP contribution >= 0.6 is 12.2 Å². The number of rotatable bonds is 2. The molecule has 3 aliphatic rings. The number of allylic oxidation sites excluding steroid dienone is 1. The molecule has 0 aromatic carbocycles. The van der Waals surface area contributed by atoms with Gasteiger partial charge in [-0.1, -0.05) is 69.9 Å². The van der Waals surface area contributed by atoms with Gasteiger partial charge in [-0.2, -0.15) is 0 Å². The third kappa shape index (κ3) is 5.48. The smallest absolute Gasteiger partial charge is 0.166 e. The first-order valence-electron chi connectivity index (χ1n) is 10.1. The summed E-state index contributed by atoms with van der Waals surface area (Å²) in [5.74, 6) is 1.53. The van der Waals surface area contributed by atoms with E-state index in [1.165, 1.54) is 83.5 Å². The molecular formula is C20H34N2S.